The molecule has 3 aromatic carbocycles. The van der Waals surface area contributed by atoms with Crippen molar-refractivity contribution in [2.24, 2.45) is 0 Å². The Morgan fingerprint density at radius 2 is 1.61 bits per heavy atom. The van der Waals surface area contributed by atoms with Gasteiger partial charge in [-0.25, -0.2) is 9.97 Å². The van der Waals surface area contributed by atoms with Crippen LogP contribution in [0.4, 0.5) is 0 Å². The highest BCUT2D eigenvalue weighted by Crippen LogP contribution is 2.27. The maximum Gasteiger partial charge on any atom is 0.251 e. The number of carbonyl (C=O) groups excluding carboxylic acids is 1. The molecule has 5 rings (SSSR count). The number of hydrogen-bond donors (Lipinski definition) is 1. The molecule has 0 saturated heterocycles. The van der Waals surface area contributed by atoms with Crippen LogP contribution in [0.15, 0.2) is 108 Å². The number of imidazole rings is 1. The Balaban J connectivity index is 1.23. The number of fused-ring (bicyclic) bond motifs is 1. The monoisotopic (exact) mass is 492 g/mol. The molecule has 0 aliphatic heterocycles. The molecule has 5 nitrogen and oxygen atoms in total. The summed E-state index contributed by atoms with van der Waals surface area (Å²) in [5.41, 5.74) is 6.03. The van der Waals surface area contributed by atoms with E-state index < -0.39 is 0 Å². The molecular weight excluding hydrogens is 464 g/mol. The number of nitrogens with one attached hydrogen (secondary N) is 1. The van der Waals surface area contributed by atoms with Crippen LogP contribution in [0, 0.1) is 0 Å². The van der Waals surface area contributed by atoms with Gasteiger partial charge in [0.25, 0.3) is 5.91 Å². The fraction of sp³-hybridized carbons (Fsp3) is 0.167. The van der Waals surface area contributed by atoms with E-state index >= 15 is 0 Å². The first kappa shape index (κ1) is 23.8. The molecule has 0 spiro atoms. The van der Waals surface area contributed by atoms with E-state index in [1.54, 1.807) is 11.8 Å². The molecule has 0 fully saturated rings. The average Bonchev–Trinajstić information content (AvgIpc) is 3.28. The SMILES string of the molecule is C[C@H](CNC(=O)c1ccc(CSc2nc3cccnc3n2Cc2ccccc2)cc1)c1ccccc1. The summed E-state index contributed by atoms with van der Waals surface area (Å²) < 4.78 is 2.17. The largest absolute Gasteiger partial charge is 0.351 e. The summed E-state index contributed by atoms with van der Waals surface area (Å²) in [6.45, 7) is 3.44. The summed E-state index contributed by atoms with van der Waals surface area (Å²) in [7, 11) is 0. The highest BCUT2D eigenvalue weighted by Gasteiger charge is 2.14. The van der Waals surface area contributed by atoms with Crippen LogP contribution < -0.4 is 5.32 Å². The van der Waals surface area contributed by atoms with Gasteiger partial charge in [0, 0.05) is 24.1 Å². The molecule has 6 heteroatoms. The Labute approximate surface area is 215 Å². The third-order valence-corrected chi connectivity index (χ3v) is 7.22. The van der Waals surface area contributed by atoms with Gasteiger partial charge in [0.15, 0.2) is 10.8 Å². The van der Waals surface area contributed by atoms with E-state index in [0.717, 1.165) is 34.2 Å². The van der Waals surface area contributed by atoms with E-state index in [1.807, 2.05) is 66.9 Å². The zero-order chi connectivity index (χ0) is 24.7. The van der Waals surface area contributed by atoms with Crippen LogP contribution >= 0.6 is 11.8 Å². The van der Waals surface area contributed by atoms with Gasteiger partial charge in [-0.3, -0.25) is 9.36 Å². The van der Waals surface area contributed by atoms with Gasteiger partial charge in [0.2, 0.25) is 0 Å². The van der Waals surface area contributed by atoms with Crippen LogP contribution in [0.25, 0.3) is 11.2 Å². The third-order valence-electron chi connectivity index (χ3n) is 6.17. The molecule has 0 aliphatic carbocycles. The molecule has 1 amide bonds. The first-order valence-electron chi connectivity index (χ1n) is 12.1. The Morgan fingerprint density at radius 3 is 2.36 bits per heavy atom. The maximum atomic E-state index is 12.7. The van der Waals surface area contributed by atoms with Crippen molar-refractivity contribution in [1.29, 1.82) is 0 Å². The molecule has 0 radical (unpaired) electrons. The van der Waals surface area contributed by atoms with E-state index in [9.17, 15) is 4.79 Å². The molecule has 0 aliphatic rings. The summed E-state index contributed by atoms with van der Waals surface area (Å²) >= 11 is 1.68. The van der Waals surface area contributed by atoms with Gasteiger partial charge in [-0.05, 0) is 46.9 Å². The molecule has 180 valence electrons. The second kappa shape index (κ2) is 11.2. The van der Waals surface area contributed by atoms with Crippen molar-refractivity contribution in [2.45, 2.75) is 30.3 Å². The number of thioether (sulfide) groups is 1. The Bertz CT molecular complexity index is 1430. The van der Waals surface area contributed by atoms with Crippen molar-refractivity contribution in [2.75, 3.05) is 6.54 Å². The molecule has 2 aromatic heterocycles. The molecule has 36 heavy (non-hydrogen) atoms. The van der Waals surface area contributed by atoms with Crippen LogP contribution in [0.1, 0.15) is 39.9 Å². The first-order valence-corrected chi connectivity index (χ1v) is 13.1. The summed E-state index contributed by atoms with van der Waals surface area (Å²) in [5.74, 6) is 0.966. The molecule has 1 N–H and O–H groups in total. The molecule has 2 heterocycles. The molecule has 0 bridgehead atoms. The van der Waals surface area contributed by atoms with Gasteiger partial charge in [0.05, 0.1) is 6.54 Å². The van der Waals surface area contributed by atoms with Gasteiger partial charge in [-0.15, -0.1) is 0 Å². The fourth-order valence-corrected chi connectivity index (χ4v) is 5.06. The van der Waals surface area contributed by atoms with Crippen molar-refractivity contribution < 1.29 is 4.79 Å². The van der Waals surface area contributed by atoms with Gasteiger partial charge in [-0.2, -0.15) is 0 Å². The summed E-state index contributed by atoms with van der Waals surface area (Å²) in [6, 6.07) is 32.3. The lowest BCUT2D eigenvalue weighted by Crippen LogP contribution is -2.27. The highest BCUT2D eigenvalue weighted by atomic mass is 32.2. The van der Waals surface area contributed by atoms with Crippen LogP contribution in [-0.2, 0) is 12.3 Å². The number of amides is 1. The zero-order valence-corrected chi connectivity index (χ0v) is 21.0. The second-order valence-corrected chi connectivity index (χ2v) is 9.76. The highest BCUT2D eigenvalue weighted by molar-refractivity contribution is 7.98. The molecule has 0 saturated carbocycles. The molecule has 1 atom stereocenters. The Morgan fingerprint density at radius 1 is 0.889 bits per heavy atom. The van der Waals surface area contributed by atoms with Crippen LogP contribution in [0.5, 0.6) is 0 Å². The van der Waals surface area contributed by atoms with E-state index in [4.69, 9.17) is 4.98 Å². The van der Waals surface area contributed by atoms with Crippen LogP contribution in [0.3, 0.4) is 0 Å². The number of carbonyl (C=O) groups is 1. The zero-order valence-electron chi connectivity index (χ0n) is 20.2. The van der Waals surface area contributed by atoms with Crippen molar-refractivity contribution in [1.82, 2.24) is 19.9 Å². The van der Waals surface area contributed by atoms with Crippen molar-refractivity contribution in [3.8, 4) is 0 Å². The van der Waals surface area contributed by atoms with Crippen LogP contribution in [0.2, 0.25) is 0 Å². The van der Waals surface area contributed by atoms with Gasteiger partial charge in [-0.1, -0.05) is 91.5 Å². The number of rotatable bonds is 9. The van der Waals surface area contributed by atoms with E-state index in [0.29, 0.717) is 12.1 Å². The number of aromatic nitrogens is 3. The van der Waals surface area contributed by atoms with Gasteiger partial charge < -0.3 is 5.32 Å². The van der Waals surface area contributed by atoms with Crippen molar-refractivity contribution in [3.05, 3.63) is 126 Å². The van der Waals surface area contributed by atoms with E-state index in [2.05, 4.69) is 58.2 Å². The maximum absolute atomic E-state index is 12.7. The molecule has 0 unspecified atom stereocenters. The summed E-state index contributed by atoms with van der Waals surface area (Å²) in [5, 5.41) is 3.99. The number of nitrogens with zero attached hydrogens (tertiary/aromatic N) is 3. The Kier molecular flexibility index (Phi) is 7.43. The molecule has 5 aromatic rings. The lowest BCUT2D eigenvalue weighted by atomic mass is 10.0. The smallest absolute Gasteiger partial charge is 0.251 e. The van der Waals surface area contributed by atoms with Gasteiger partial charge >= 0.3 is 0 Å². The lowest BCUT2D eigenvalue weighted by Gasteiger charge is -2.13. The summed E-state index contributed by atoms with van der Waals surface area (Å²) in [4.78, 5) is 22.1. The van der Waals surface area contributed by atoms with Crippen LogP contribution in [-0.4, -0.2) is 27.0 Å². The summed E-state index contributed by atoms with van der Waals surface area (Å²) in [6.07, 6.45) is 1.81. The predicted octanol–water partition coefficient (Wildman–Crippen LogP) is 6.31. The number of benzene rings is 3. The first-order chi connectivity index (χ1) is 17.7. The Hall–Kier alpha value is -3.90. The quantitative estimate of drug-likeness (QED) is 0.245. The predicted molar refractivity (Wildman–Crippen MR) is 146 cm³/mol. The lowest BCUT2D eigenvalue weighted by molar-refractivity contribution is 0.0951. The van der Waals surface area contributed by atoms with Crippen molar-refractivity contribution in [3.63, 3.8) is 0 Å². The van der Waals surface area contributed by atoms with E-state index in [-0.39, 0.29) is 11.8 Å². The van der Waals surface area contributed by atoms with E-state index in [1.165, 1.54) is 11.1 Å². The minimum Gasteiger partial charge on any atom is -0.351 e. The normalized spacial score (nSPS) is 11.9. The molecular formula is C30H28N4OS. The minimum atomic E-state index is -0.0484. The number of hydrogen-bond acceptors (Lipinski definition) is 4. The second-order valence-electron chi connectivity index (χ2n) is 8.82. The van der Waals surface area contributed by atoms with Crippen molar-refractivity contribution >= 4 is 28.8 Å². The van der Waals surface area contributed by atoms with Gasteiger partial charge in [0.1, 0.15) is 5.52 Å². The fourth-order valence-electron chi connectivity index (χ4n) is 4.10. The minimum absolute atomic E-state index is 0.0484. The third kappa shape index (κ3) is 5.66. The standard InChI is InChI=1S/C30H28N4OS/c1-22(25-11-6-3-7-12-25)19-32-29(35)26-16-14-24(15-17-26)21-36-30-33-27-13-8-18-31-28(27)34(30)20-23-9-4-2-5-10-23/h2-18,22H,19-21H2,1H3,(H,32,35)/t22-/m1/s1. The number of pyridine rings is 1. The average molecular weight is 493 g/mol. The topological polar surface area (TPSA) is 59.8 Å².